The number of carbonyl (C=O) groups is 2. The summed E-state index contributed by atoms with van der Waals surface area (Å²) in [7, 11) is 1.68. The normalized spacial score (nSPS) is 16.3. The number of thioether (sulfide) groups is 1. The van der Waals surface area contributed by atoms with Crippen molar-refractivity contribution in [2.75, 3.05) is 19.3 Å². The smallest absolute Gasteiger partial charge is 0.239 e. The van der Waals surface area contributed by atoms with Gasteiger partial charge >= 0.3 is 0 Å². The Labute approximate surface area is 160 Å². The van der Waals surface area contributed by atoms with Crippen molar-refractivity contribution >= 4 is 45.1 Å². The molecule has 0 aromatic carbocycles. The third kappa shape index (κ3) is 3.86. The summed E-state index contributed by atoms with van der Waals surface area (Å²) in [5.74, 6) is 0.144. The van der Waals surface area contributed by atoms with E-state index in [-0.39, 0.29) is 24.1 Å². The summed E-state index contributed by atoms with van der Waals surface area (Å²) in [5.41, 5.74) is 1.38. The molecule has 2 amide bonds. The highest BCUT2D eigenvalue weighted by Crippen LogP contribution is 2.39. The molecule has 0 atom stereocenters. The third-order valence-electron chi connectivity index (χ3n) is 4.80. The molecule has 2 aliphatic carbocycles. The number of likely N-dealkylation sites (N-methyl/N-ethyl adjacent to an activating group) is 1. The van der Waals surface area contributed by atoms with Crippen LogP contribution in [0.2, 0.25) is 0 Å². The first-order chi connectivity index (χ1) is 12.6. The topological polar surface area (TPSA) is 75.2 Å². The largest absolute Gasteiger partial charge is 0.352 e. The highest BCUT2D eigenvalue weighted by atomic mass is 32.2. The maximum atomic E-state index is 12.4. The predicted octanol–water partition coefficient (Wildman–Crippen LogP) is 2.40. The quantitative estimate of drug-likeness (QED) is 0.606. The summed E-state index contributed by atoms with van der Waals surface area (Å²) >= 11 is 3.21. The fraction of sp³-hybridized carbons (Fsp3) is 0.556. The molecular formula is C18H22N4O2S2. The second-order valence-electron chi connectivity index (χ2n) is 6.95. The Balaban J connectivity index is 1.41. The third-order valence-corrected chi connectivity index (χ3v) is 6.97. The summed E-state index contributed by atoms with van der Waals surface area (Å²) in [5, 5.41) is 4.94. The molecule has 2 aromatic heterocycles. The monoisotopic (exact) mass is 390 g/mol. The van der Waals surface area contributed by atoms with E-state index in [9.17, 15) is 9.59 Å². The van der Waals surface area contributed by atoms with Gasteiger partial charge in [-0.25, -0.2) is 9.97 Å². The van der Waals surface area contributed by atoms with E-state index in [0.29, 0.717) is 6.04 Å². The number of carbonyl (C=O) groups excluding carboxylic acids is 2. The van der Waals surface area contributed by atoms with E-state index in [1.165, 1.54) is 39.9 Å². The van der Waals surface area contributed by atoms with Crippen LogP contribution >= 0.6 is 23.1 Å². The molecule has 2 aromatic rings. The van der Waals surface area contributed by atoms with Crippen LogP contribution in [0.25, 0.3) is 10.2 Å². The minimum atomic E-state index is -0.0790. The molecule has 1 fully saturated rings. The van der Waals surface area contributed by atoms with Gasteiger partial charge in [0.15, 0.2) is 0 Å². The van der Waals surface area contributed by atoms with Gasteiger partial charge in [0.25, 0.3) is 0 Å². The van der Waals surface area contributed by atoms with Crippen molar-refractivity contribution in [3.8, 4) is 0 Å². The van der Waals surface area contributed by atoms with Crippen molar-refractivity contribution < 1.29 is 9.59 Å². The van der Waals surface area contributed by atoms with Gasteiger partial charge in [0.05, 0.1) is 12.3 Å². The zero-order valence-corrected chi connectivity index (χ0v) is 16.4. The molecule has 4 rings (SSSR count). The molecule has 0 spiro atoms. The van der Waals surface area contributed by atoms with Crippen molar-refractivity contribution in [3.05, 3.63) is 16.8 Å². The Hall–Kier alpha value is -1.67. The summed E-state index contributed by atoms with van der Waals surface area (Å²) in [6.07, 6.45) is 8.33. The molecule has 2 aliphatic rings. The van der Waals surface area contributed by atoms with Crippen molar-refractivity contribution in [2.45, 2.75) is 49.6 Å². The Morgan fingerprint density at radius 1 is 1.31 bits per heavy atom. The summed E-state index contributed by atoms with van der Waals surface area (Å²) in [6, 6.07) is 0.319. The summed E-state index contributed by atoms with van der Waals surface area (Å²) in [6.45, 7) is 0.114. The number of aryl methyl sites for hydroxylation is 2. The van der Waals surface area contributed by atoms with Gasteiger partial charge < -0.3 is 10.2 Å². The van der Waals surface area contributed by atoms with Crippen molar-refractivity contribution in [3.63, 3.8) is 0 Å². The first-order valence-corrected chi connectivity index (χ1v) is 10.8. The maximum absolute atomic E-state index is 12.4. The average molecular weight is 391 g/mol. The van der Waals surface area contributed by atoms with E-state index in [4.69, 9.17) is 0 Å². The van der Waals surface area contributed by atoms with E-state index in [1.807, 2.05) is 0 Å². The van der Waals surface area contributed by atoms with Crippen LogP contribution in [0.15, 0.2) is 11.4 Å². The first-order valence-electron chi connectivity index (χ1n) is 9.03. The van der Waals surface area contributed by atoms with E-state index in [2.05, 4.69) is 15.3 Å². The van der Waals surface area contributed by atoms with Gasteiger partial charge in [0.1, 0.15) is 16.2 Å². The number of nitrogens with one attached hydrogen (secondary N) is 1. The molecule has 1 saturated carbocycles. The van der Waals surface area contributed by atoms with Gasteiger partial charge in [0, 0.05) is 23.4 Å². The average Bonchev–Trinajstić information content (AvgIpc) is 3.35. The Morgan fingerprint density at radius 2 is 2.12 bits per heavy atom. The highest BCUT2D eigenvalue weighted by molar-refractivity contribution is 8.00. The number of amides is 2. The lowest BCUT2D eigenvalue weighted by molar-refractivity contribution is -0.132. The van der Waals surface area contributed by atoms with Gasteiger partial charge in [-0.3, -0.25) is 9.59 Å². The van der Waals surface area contributed by atoms with E-state index in [0.717, 1.165) is 40.9 Å². The fourth-order valence-corrected chi connectivity index (χ4v) is 5.48. The molecule has 0 bridgehead atoms. The van der Waals surface area contributed by atoms with Gasteiger partial charge in [0.2, 0.25) is 11.8 Å². The van der Waals surface area contributed by atoms with Crippen LogP contribution in [0.3, 0.4) is 0 Å². The van der Waals surface area contributed by atoms with Crippen LogP contribution in [0.5, 0.6) is 0 Å². The number of rotatable bonds is 6. The number of nitrogens with zero attached hydrogens (tertiary/aromatic N) is 3. The number of fused-ring (bicyclic) bond motifs is 3. The van der Waals surface area contributed by atoms with Gasteiger partial charge in [-0.05, 0) is 44.1 Å². The Morgan fingerprint density at radius 3 is 2.92 bits per heavy atom. The standard InChI is InChI=1S/C18H22N4O2S2/c1-22(8-14(23)21-11-6-7-11)15(24)9-25-17-16-12-4-2-3-5-13(12)26-18(16)20-10-19-17/h10-11H,2-9H2,1H3,(H,21,23). The highest BCUT2D eigenvalue weighted by Gasteiger charge is 2.25. The molecule has 1 N–H and O–H groups in total. The molecule has 0 saturated heterocycles. The van der Waals surface area contributed by atoms with Crippen LogP contribution in [0, 0.1) is 0 Å². The van der Waals surface area contributed by atoms with E-state index in [1.54, 1.807) is 24.7 Å². The van der Waals surface area contributed by atoms with Crippen LogP contribution in [-0.2, 0) is 22.4 Å². The lowest BCUT2D eigenvalue weighted by Crippen LogP contribution is -2.39. The van der Waals surface area contributed by atoms with Crippen LogP contribution < -0.4 is 5.32 Å². The maximum Gasteiger partial charge on any atom is 0.239 e. The molecule has 2 heterocycles. The molecular weight excluding hydrogens is 368 g/mol. The van der Waals surface area contributed by atoms with Crippen LogP contribution in [0.1, 0.15) is 36.1 Å². The van der Waals surface area contributed by atoms with Crippen LogP contribution in [-0.4, -0.2) is 52.1 Å². The van der Waals surface area contributed by atoms with Gasteiger partial charge in [-0.1, -0.05) is 11.8 Å². The van der Waals surface area contributed by atoms with Gasteiger partial charge in [-0.15, -0.1) is 11.3 Å². The molecule has 6 nitrogen and oxygen atoms in total. The molecule has 0 aliphatic heterocycles. The second-order valence-corrected chi connectivity index (χ2v) is 9.00. The van der Waals surface area contributed by atoms with E-state index >= 15 is 0 Å². The molecule has 0 unspecified atom stereocenters. The van der Waals surface area contributed by atoms with Crippen molar-refractivity contribution in [1.82, 2.24) is 20.2 Å². The van der Waals surface area contributed by atoms with Gasteiger partial charge in [-0.2, -0.15) is 0 Å². The summed E-state index contributed by atoms with van der Waals surface area (Å²) < 4.78 is 0. The van der Waals surface area contributed by atoms with Crippen LogP contribution in [0.4, 0.5) is 0 Å². The number of aromatic nitrogens is 2. The molecule has 0 radical (unpaired) electrons. The zero-order chi connectivity index (χ0) is 18.1. The first kappa shape index (κ1) is 17.7. The number of hydrogen-bond donors (Lipinski definition) is 1. The fourth-order valence-electron chi connectivity index (χ4n) is 3.22. The summed E-state index contributed by atoms with van der Waals surface area (Å²) in [4.78, 5) is 37.1. The lowest BCUT2D eigenvalue weighted by Gasteiger charge is -2.16. The van der Waals surface area contributed by atoms with E-state index < -0.39 is 0 Å². The molecule has 26 heavy (non-hydrogen) atoms. The molecule has 138 valence electrons. The van der Waals surface area contributed by atoms with Crippen molar-refractivity contribution in [1.29, 1.82) is 0 Å². The Kier molecular flexibility index (Phi) is 5.13. The zero-order valence-electron chi connectivity index (χ0n) is 14.8. The minimum absolute atomic E-state index is 0.0585. The lowest BCUT2D eigenvalue weighted by atomic mass is 9.97. The Bertz CT molecular complexity index is 847. The number of hydrogen-bond acceptors (Lipinski definition) is 6. The SMILES string of the molecule is CN(CC(=O)NC1CC1)C(=O)CSc1ncnc2sc3c(c12)CCCC3. The minimum Gasteiger partial charge on any atom is -0.352 e. The second kappa shape index (κ2) is 7.52. The predicted molar refractivity (Wildman–Crippen MR) is 104 cm³/mol. The number of thiophene rings is 1. The molecule has 8 heteroatoms. The van der Waals surface area contributed by atoms with Crippen molar-refractivity contribution in [2.24, 2.45) is 0 Å².